The third kappa shape index (κ3) is 7.52. The Bertz CT molecular complexity index is 2430. The van der Waals surface area contributed by atoms with Crippen LogP contribution in [0.3, 0.4) is 0 Å². The van der Waals surface area contributed by atoms with Crippen LogP contribution < -0.4 is 9.47 Å². The van der Waals surface area contributed by atoms with Gasteiger partial charge in [-0.3, -0.25) is 4.57 Å². The Kier molecular flexibility index (Phi) is 9.91. The van der Waals surface area contributed by atoms with Gasteiger partial charge in [-0.05, 0) is 127 Å². The van der Waals surface area contributed by atoms with Gasteiger partial charge in [-0.15, -0.1) is 0 Å². The van der Waals surface area contributed by atoms with Gasteiger partial charge in [0.25, 0.3) is 0 Å². The smallest absolute Gasteiger partial charge is 0.141 e. The summed E-state index contributed by atoms with van der Waals surface area (Å²) >= 11 is 0. The molecular weight excluding hydrogens is 665 g/mol. The van der Waals surface area contributed by atoms with E-state index in [1.165, 1.54) is 38.9 Å². The lowest BCUT2D eigenvalue weighted by Gasteiger charge is -2.26. The van der Waals surface area contributed by atoms with Gasteiger partial charge in [-0.1, -0.05) is 65.8 Å². The van der Waals surface area contributed by atoms with E-state index in [1.807, 2.05) is 35.0 Å². The first-order valence-electron chi connectivity index (χ1n) is 19.2. The molecule has 0 aliphatic carbocycles. The van der Waals surface area contributed by atoms with Crippen molar-refractivity contribution < 1.29 is 9.47 Å². The van der Waals surface area contributed by atoms with E-state index in [1.54, 1.807) is 13.3 Å². The summed E-state index contributed by atoms with van der Waals surface area (Å²) in [6.45, 7) is 21.0. The summed E-state index contributed by atoms with van der Waals surface area (Å²) in [5.41, 5.74) is 13.2. The van der Waals surface area contributed by atoms with Gasteiger partial charge in [0.1, 0.15) is 23.1 Å². The molecule has 3 heterocycles. The van der Waals surface area contributed by atoms with E-state index in [-0.39, 0.29) is 10.8 Å². The minimum Gasteiger partial charge on any atom is -0.497 e. The van der Waals surface area contributed by atoms with Crippen LogP contribution in [0.1, 0.15) is 82.2 Å². The summed E-state index contributed by atoms with van der Waals surface area (Å²) in [4.78, 5) is 4.71. The van der Waals surface area contributed by atoms with Gasteiger partial charge in [0.2, 0.25) is 0 Å². The number of hydrogen-bond donors (Lipinski definition) is 0. The molecule has 3 aromatic heterocycles. The van der Waals surface area contributed by atoms with Crippen LogP contribution in [0.4, 0.5) is 0 Å². The van der Waals surface area contributed by atoms with Crippen LogP contribution in [0.5, 0.6) is 17.2 Å². The molecule has 6 nitrogen and oxygen atoms in total. The first-order chi connectivity index (χ1) is 25.7. The van der Waals surface area contributed by atoms with Crippen molar-refractivity contribution in [2.24, 2.45) is 10.8 Å². The lowest BCUT2D eigenvalue weighted by molar-refractivity contribution is 0.376. The molecule has 0 aliphatic rings. The zero-order valence-electron chi connectivity index (χ0n) is 33.7. The van der Waals surface area contributed by atoms with Crippen molar-refractivity contribution in [1.29, 1.82) is 0 Å². The maximum absolute atomic E-state index is 6.58. The quantitative estimate of drug-likeness (QED) is 0.141. The van der Waals surface area contributed by atoms with E-state index in [9.17, 15) is 0 Å². The molecule has 0 unspecified atom stereocenters. The summed E-state index contributed by atoms with van der Waals surface area (Å²) in [5, 5.41) is 7.24. The zero-order valence-corrected chi connectivity index (χ0v) is 33.7. The van der Waals surface area contributed by atoms with Crippen molar-refractivity contribution in [1.82, 2.24) is 19.3 Å². The van der Waals surface area contributed by atoms with Gasteiger partial charge < -0.3 is 9.47 Å². The molecule has 0 aliphatic heterocycles. The first-order valence-corrected chi connectivity index (χ1v) is 19.2. The lowest BCUT2D eigenvalue weighted by atomic mass is 9.78. The van der Waals surface area contributed by atoms with E-state index >= 15 is 0 Å². The number of methoxy groups -OCH3 is 1. The molecule has 6 heteroatoms. The fourth-order valence-corrected chi connectivity index (χ4v) is 7.59. The summed E-state index contributed by atoms with van der Waals surface area (Å²) in [7, 11) is 1.68. The standard InChI is InChI=1S/C48H54N4O2/c1-31-32(2)39(20-23-47(4,5)6)46(40(33(31)3)21-24-48(7,8)9)34-29-50-51(30-34)35-14-13-15-37(26-35)54-38-18-19-42-41-16-11-12-17-43(41)52(44(42)27-38)45-28-36(53-10)22-25-49-45/h11-19,22,25-30H,20-21,23-24H2,1-10H3. The second-order valence-electron chi connectivity index (χ2n) is 17.2. The minimum absolute atomic E-state index is 0.242. The molecule has 4 aromatic carbocycles. The van der Waals surface area contributed by atoms with Gasteiger partial charge in [0, 0.05) is 46.9 Å². The molecule has 278 valence electrons. The van der Waals surface area contributed by atoms with Gasteiger partial charge >= 0.3 is 0 Å². The van der Waals surface area contributed by atoms with Gasteiger partial charge in [-0.2, -0.15) is 5.10 Å². The highest BCUT2D eigenvalue weighted by atomic mass is 16.5. The maximum Gasteiger partial charge on any atom is 0.141 e. The van der Waals surface area contributed by atoms with Crippen LogP contribution >= 0.6 is 0 Å². The SMILES string of the molecule is COc1ccnc(-n2c3ccccc3c3ccc(Oc4cccc(-n5cc(-c6c(CCC(C)(C)C)c(C)c(C)c(C)c6CCC(C)(C)C)cn5)c4)cc32)c1. The number of nitrogens with zero attached hydrogens (tertiary/aromatic N) is 4. The highest BCUT2D eigenvalue weighted by Gasteiger charge is 2.24. The molecule has 0 spiro atoms. The van der Waals surface area contributed by atoms with Crippen LogP contribution in [-0.4, -0.2) is 26.4 Å². The highest BCUT2D eigenvalue weighted by molar-refractivity contribution is 6.09. The number of aromatic nitrogens is 4. The van der Waals surface area contributed by atoms with E-state index in [4.69, 9.17) is 19.6 Å². The van der Waals surface area contributed by atoms with Crippen molar-refractivity contribution in [3.63, 3.8) is 0 Å². The average Bonchev–Trinajstić information content (AvgIpc) is 3.75. The number of fused-ring (bicyclic) bond motifs is 3. The maximum atomic E-state index is 6.58. The molecule has 0 bridgehead atoms. The molecule has 0 saturated heterocycles. The van der Waals surface area contributed by atoms with Crippen molar-refractivity contribution in [2.45, 2.75) is 88.0 Å². The second kappa shape index (κ2) is 14.5. The third-order valence-electron chi connectivity index (χ3n) is 10.9. The molecule has 7 aromatic rings. The normalized spacial score (nSPS) is 12.2. The summed E-state index contributed by atoms with van der Waals surface area (Å²) in [6.07, 6.45) is 10.4. The monoisotopic (exact) mass is 718 g/mol. The largest absolute Gasteiger partial charge is 0.497 e. The first kappa shape index (κ1) is 37.0. The Morgan fingerprint density at radius 1 is 0.648 bits per heavy atom. The summed E-state index contributed by atoms with van der Waals surface area (Å²) in [6, 6.07) is 26.7. The predicted molar refractivity (Wildman–Crippen MR) is 224 cm³/mol. The number of hydrogen-bond acceptors (Lipinski definition) is 4. The Morgan fingerprint density at radius 2 is 1.31 bits per heavy atom. The number of rotatable bonds is 10. The molecule has 0 N–H and O–H groups in total. The van der Waals surface area contributed by atoms with Crippen LogP contribution in [0.25, 0.3) is 44.4 Å². The minimum atomic E-state index is 0.242. The Morgan fingerprint density at radius 3 is 2.00 bits per heavy atom. The van der Waals surface area contributed by atoms with Crippen molar-refractivity contribution in [3.05, 3.63) is 125 Å². The van der Waals surface area contributed by atoms with Gasteiger partial charge in [0.15, 0.2) is 0 Å². The lowest BCUT2D eigenvalue weighted by Crippen LogP contribution is -2.12. The molecule has 0 saturated carbocycles. The number of para-hydroxylation sites is 1. The molecule has 54 heavy (non-hydrogen) atoms. The predicted octanol–water partition coefficient (Wildman–Crippen LogP) is 12.7. The van der Waals surface area contributed by atoms with E-state index in [2.05, 4.69) is 128 Å². The van der Waals surface area contributed by atoms with Gasteiger partial charge in [0.05, 0.1) is 30.0 Å². The Balaban J connectivity index is 1.25. The van der Waals surface area contributed by atoms with Crippen LogP contribution in [0.2, 0.25) is 0 Å². The van der Waals surface area contributed by atoms with E-state index in [0.717, 1.165) is 76.2 Å². The van der Waals surface area contributed by atoms with E-state index in [0.29, 0.717) is 0 Å². The summed E-state index contributed by atoms with van der Waals surface area (Å²) in [5.74, 6) is 3.03. The molecule has 7 rings (SSSR count). The third-order valence-corrected chi connectivity index (χ3v) is 10.9. The van der Waals surface area contributed by atoms with Crippen LogP contribution in [0, 0.1) is 31.6 Å². The number of benzene rings is 4. The van der Waals surface area contributed by atoms with Crippen molar-refractivity contribution >= 4 is 21.8 Å². The van der Waals surface area contributed by atoms with E-state index < -0.39 is 0 Å². The highest BCUT2D eigenvalue weighted by Crippen LogP contribution is 2.40. The van der Waals surface area contributed by atoms with Crippen molar-refractivity contribution in [3.8, 4) is 39.9 Å². The van der Waals surface area contributed by atoms with Crippen LogP contribution in [-0.2, 0) is 12.8 Å². The van der Waals surface area contributed by atoms with Gasteiger partial charge in [-0.25, -0.2) is 9.67 Å². The van der Waals surface area contributed by atoms with Crippen molar-refractivity contribution in [2.75, 3.05) is 7.11 Å². The Labute approximate surface area is 320 Å². The molecule has 0 amide bonds. The fourth-order valence-electron chi connectivity index (χ4n) is 7.59. The molecule has 0 radical (unpaired) electrons. The summed E-state index contributed by atoms with van der Waals surface area (Å²) < 4.78 is 16.3. The Hall–Kier alpha value is -5.36. The number of ether oxygens (including phenoxy) is 2. The second-order valence-corrected chi connectivity index (χ2v) is 17.2. The topological polar surface area (TPSA) is 54.1 Å². The fraction of sp³-hybridized carbons (Fsp3) is 0.333. The molecular formula is C48H54N4O2. The average molecular weight is 719 g/mol. The zero-order chi connectivity index (χ0) is 38.4. The molecule has 0 atom stereocenters. The number of pyridine rings is 1. The van der Waals surface area contributed by atoms with Crippen LogP contribution in [0.15, 0.2) is 97.5 Å². The molecule has 0 fully saturated rings.